The summed E-state index contributed by atoms with van der Waals surface area (Å²) < 4.78 is 7.27. The lowest BCUT2D eigenvalue weighted by molar-refractivity contribution is 0.412. The number of rotatable bonds is 3. The number of hydrogen-bond donors (Lipinski definition) is 1. The first-order valence-electron chi connectivity index (χ1n) is 4.50. The number of ether oxygens (including phenoxy) is 1. The molecule has 76 valence electrons. The van der Waals surface area contributed by atoms with Crippen LogP contribution in [-0.4, -0.2) is 13.2 Å². The third-order valence-corrected chi connectivity index (χ3v) is 3.45. The molecule has 1 aromatic carbocycles. The van der Waals surface area contributed by atoms with Gasteiger partial charge in [-0.15, -0.1) is 0 Å². The van der Waals surface area contributed by atoms with Crippen LogP contribution in [0.25, 0.3) is 0 Å². The third kappa shape index (κ3) is 2.23. The van der Waals surface area contributed by atoms with Gasteiger partial charge < -0.3 is 10.1 Å². The molecule has 1 fully saturated rings. The Morgan fingerprint density at radius 3 is 2.57 bits per heavy atom. The Kier molecular flexibility index (Phi) is 3.02. The van der Waals surface area contributed by atoms with Crippen LogP contribution in [-0.2, 0) is 0 Å². The van der Waals surface area contributed by atoms with Crippen molar-refractivity contribution in [2.24, 2.45) is 0 Å². The van der Waals surface area contributed by atoms with E-state index in [1.54, 1.807) is 7.11 Å². The molecule has 4 heteroatoms. The predicted molar refractivity (Wildman–Crippen MR) is 65.0 cm³/mol. The molecule has 0 heterocycles. The molecule has 1 aliphatic rings. The summed E-state index contributed by atoms with van der Waals surface area (Å²) in [6.07, 6.45) is 2.54. The van der Waals surface area contributed by atoms with E-state index in [4.69, 9.17) is 4.74 Å². The smallest absolute Gasteiger partial charge is 0.135 e. The fourth-order valence-corrected chi connectivity index (χ4v) is 2.51. The van der Waals surface area contributed by atoms with Gasteiger partial charge in [-0.25, -0.2) is 0 Å². The number of nitrogens with one attached hydrogen (secondary N) is 1. The number of halogens is 2. The summed E-state index contributed by atoms with van der Waals surface area (Å²) in [7, 11) is 1.68. The lowest BCUT2D eigenvalue weighted by atomic mass is 10.3. The lowest BCUT2D eigenvalue weighted by Gasteiger charge is -2.10. The average Bonchev–Trinajstić information content (AvgIpc) is 2.93. The highest BCUT2D eigenvalue weighted by atomic mass is 79.9. The second-order valence-electron chi connectivity index (χ2n) is 3.39. The van der Waals surface area contributed by atoms with Gasteiger partial charge in [-0.3, -0.25) is 0 Å². The normalized spacial score (nSPS) is 15.4. The SMILES string of the molecule is COc1cc(NC2CC2)c(Br)cc1Br. The van der Waals surface area contributed by atoms with Crippen molar-refractivity contribution < 1.29 is 4.74 Å². The van der Waals surface area contributed by atoms with E-state index in [0.717, 1.165) is 20.4 Å². The van der Waals surface area contributed by atoms with E-state index in [-0.39, 0.29) is 0 Å². The Morgan fingerprint density at radius 2 is 2.00 bits per heavy atom. The molecule has 0 radical (unpaired) electrons. The van der Waals surface area contributed by atoms with Gasteiger partial charge in [-0.1, -0.05) is 0 Å². The van der Waals surface area contributed by atoms with E-state index in [9.17, 15) is 0 Å². The van der Waals surface area contributed by atoms with E-state index < -0.39 is 0 Å². The van der Waals surface area contributed by atoms with Crippen molar-refractivity contribution in [1.82, 2.24) is 0 Å². The fraction of sp³-hybridized carbons (Fsp3) is 0.400. The van der Waals surface area contributed by atoms with Crippen molar-refractivity contribution in [2.75, 3.05) is 12.4 Å². The molecular weight excluding hydrogens is 310 g/mol. The Hall–Kier alpha value is -0.220. The minimum Gasteiger partial charge on any atom is -0.495 e. The topological polar surface area (TPSA) is 21.3 Å². The monoisotopic (exact) mass is 319 g/mol. The predicted octanol–water partition coefficient (Wildman–Crippen LogP) is 3.79. The van der Waals surface area contributed by atoms with Crippen molar-refractivity contribution >= 4 is 37.5 Å². The molecule has 1 aromatic rings. The number of benzene rings is 1. The molecule has 0 atom stereocenters. The maximum Gasteiger partial charge on any atom is 0.135 e. The molecular formula is C10H11Br2NO. The van der Waals surface area contributed by atoms with Crippen LogP contribution in [0.1, 0.15) is 12.8 Å². The van der Waals surface area contributed by atoms with Crippen LogP contribution in [0, 0.1) is 0 Å². The maximum atomic E-state index is 5.23. The number of anilines is 1. The molecule has 0 aromatic heterocycles. The van der Waals surface area contributed by atoms with Gasteiger partial charge in [0.25, 0.3) is 0 Å². The van der Waals surface area contributed by atoms with E-state index in [1.165, 1.54) is 12.8 Å². The molecule has 0 unspecified atom stereocenters. The molecule has 2 nitrogen and oxygen atoms in total. The summed E-state index contributed by atoms with van der Waals surface area (Å²) in [6, 6.07) is 4.66. The van der Waals surface area contributed by atoms with Crippen molar-refractivity contribution in [3.8, 4) is 5.75 Å². The Bertz CT molecular complexity index is 350. The third-order valence-electron chi connectivity index (χ3n) is 2.18. The van der Waals surface area contributed by atoms with Crippen LogP contribution < -0.4 is 10.1 Å². The molecule has 1 saturated carbocycles. The molecule has 0 amide bonds. The highest BCUT2D eigenvalue weighted by Gasteiger charge is 2.22. The molecule has 0 saturated heterocycles. The second kappa shape index (κ2) is 4.11. The zero-order chi connectivity index (χ0) is 10.1. The zero-order valence-electron chi connectivity index (χ0n) is 7.81. The molecule has 1 N–H and O–H groups in total. The minimum atomic E-state index is 0.650. The van der Waals surface area contributed by atoms with Gasteiger partial charge in [-0.2, -0.15) is 0 Å². The molecule has 14 heavy (non-hydrogen) atoms. The van der Waals surface area contributed by atoms with Crippen LogP contribution >= 0.6 is 31.9 Å². The molecule has 0 aliphatic heterocycles. The van der Waals surface area contributed by atoms with Gasteiger partial charge in [0.05, 0.1) is 17.3 Å². The Morgan fingerprint density at radius 1 is 1.29 bits per heavy atom. The summed E-state index contributed by atoms with van der Waals surface area (Å²) in [5.74, 6) is 0.858. The first-order valence-corrected chi connectivity index (χ1v) is 6.09. The van der Waals surface area contributed by atoms with Crippen molar-refractivity contribution in [3.63, 3.8) is 0 Å². The summed E-state index contributed by atoms with van der Waals surface area (Å²) in [5, 5.41) is 3.44. The van der Waals surface area contributed by atoms with E-state index in [2.05, 4.69) is 37.2 Å². The van der Waals surface area contributed by atoms with Crippen molar-refractivity contribution in [1.29, 1.82) is 0 Å². The largest absolute Gasteiger partial charge is 0.495 e. The molecule has 0 spiro atoms. The van der Waals surface area contributed by atoms with E-state index in [0.29, 0.717) is 6.04 Å². The Labute approximate surface area is 100 Å². The summed E-state index contributed by atoms with van der Waals surface area (Å²) >= 11 is 6.96. The van der Waals surface area contributed by atoms with E-state index >= 15 is 0 Å². The van der Waals surface area contributed by atoms with Gasteiger partial charge in [0, 0.05) is 16.6 Å². The summed E-state index contributed by atoms with van der Waals surface area (Å²) in [6.45, 7) is 0. The van der Waals surface area contributed by atoms with Crippen LogP contribution in [0.4, 0.5) is 5.69 Å². The summed E-state index contributed by atoms with van der Waals surface area (Å²) in [5.41, 5.74) is 1.10. The van der Waals surface area contributed by atoms with Crippen molar-refractivity contribution in [2.45, 2.75) is 18.9 Å². The molecule has 2 rings (SSSR count). The first-order chi connectivity index (χ1) is 6.70. The summed E-state index contributed by atoms with van der Waals surface area (Å²) in [4.78, 5) is 0. The van der Waals surface area contributed by atoms with E-state index in [1.807, 2.05) is 12.1 Å². The van der Waals surface area contributed by atoms with Crippen LogP contribution in [0.3, 0.4) is 0 Å². The van der Waals surface area contributed by atoms with Crippen LogP contribution in [0.2, 0.25) is 0 Å². The standard InChI is InChI=1S/C10H11Br2NO/c1-14-10-5-9(13-6-2-3-6)7(11)4-8(10)12/h4-6,13H,2-3H2,1H3. The quantitative estimate of drug-likeness (QED) is 0.914. The van der Waals surface area contributed by atoms with Gasteiger partial charge in [0.15, 0.2) is 0 Å². The second-order valence-corrected chi connectivity index (χ2v) is 5.09. The van der Waals surface area contributed by atoms with Crippen LogP contribution in [0.5, 0.6) is 5.75 Å². The fourth-order valence-electron chi connectivity index (χ4n) is 1.24. The Balaban J connectivity index is 2.27. The number of hydrogen-bond acceptors (Lipinski definition) is 2. The maximum absolute atomic E-state index is 5.23. The molecule has 0 bridgehead atoms. The van der Waals surface area contributed by atoms with Gasteiger partial charge in [-0.05, 0) is 50.8 Å². The number of methoxy groups -OCH3 is 1. The lowest BCUT2D eigenvalue weighted by Crippen LogP contribution is -2.01. The first kappa shape index (κ1) is 10.3. The minimum absolute atomic E-state index is 0.650. The zero-order valence-corrected chi connectivity index (χ0v) is 11.0. The van der Waals surface area contributed by atoms with Gasteiger partial charge in [0.2, 0.25) is 0 Å². The van der Waals surface area contributed by atoms with Crippen molar-refractivity contribution in [3.05, 3.63) is 21.1 Å². The van der Waals surface area contributed by atoms with Crippen LogP contribution in [0.15, 0.2) is 21.1 Å². The van der Waals surface area contributed by atoms with Gasteiger partial charge >= 0.3 is 0 Å². The highest BCUT2D eigenvalue weighted by molar-refractivity contribution is 9.11. The average molecular weight is 321 g/mol. The van der Waals surface area contributed by atoms with Gasteiger partial charge in [0.1, 0.15) is 5.75 Å². The highest BCUT2D eigenvalue weighted by Crippen LogP contribution is 2.36. The molecule has 1 aliphatic carbocycles.